The fourth-order valence-corrected chi connectivity index (χ4v) is 4.65. The van der Waals surface area contributed by atoms with Crippen LogP contribution in [-0.4, -0.2) is 68.2 Å². The molecule has 1 aliphatic heterocycles. The topological polar surface area (TPSA) is 62.7 Å². The number of hydrogen-bond donors (Lipinski definition) is 0. The summed E-state index contributed by atoms with van der Waals surface area (Å²) in [7, 11) is -1.50. The van der Waals surface area contributed by atoms with Crippen LogP contribution in [0.15, 0.2) is 52.5 Å². The van der Waals surface area contributed by atoms with Gasteiger partial charge in [0, 0.05) is 38.1 Å². The van der Waals surface area contributed by atoms with Gasteiger partial charge in [-0.05, 0) is 43.4 Å². The Kier molecular flexibility index (Phi) is 6.69. The molecule has 0 saturated carbocycles. The predicted molar refractivity (Wildman–Crippen MR) is 103 cm³/mol. The Hall–Kier alpha value is -1.68. The average molecular weight is 412 g/mol. The normalized spacial score (nSPS) is 16.4. The zero-order chi connectivity index (χ0) is 19.3. The van der Waals surface area contributed by atoms with Crippen molar-refractivity contribution in [3.8, 4) is 5.75 Å². The van der Waals surface area contributed by atoms with E-state index < -0.39 is 10.0 Å². The quantitative estimate of drug-likeness (QED) is 0.515. The van der Waals surface area contributed by atoms with E-state index in [0.717, 1.165) is 18.1 Å². The van der Waals surface area contributed by atoms with Gasteiger partial charge in [-0.25, -0.2) is 17.8 Å². The predicted octanol–water partition coefficient (Wildman–Crippen LogP) is 2.33. The summed E-state index contributed by atoms with van der Waals surface area (Å²) < 4.78 is 45.2. The van der Waals surface area contributed by atoms with Crippen molar-refractivity contribution in [2.45, 2.75) is 9.92 Å². The molecule has 0 unspecified atom stereocenters. The highest BCUT2D eigenvalue weighted by Gasteiger charge is 2.27. The Morgan fingerprint density at radius 3 is 2.44 bits per heavy atom. The highest BCUT2D eigenvalue weighted by molar-refractivity contribution is 7.99. The van der Waals surface area contributed by atoms with E-state index in [0.29, 0.717) is 31.2 Å². The van der Waals surface area contributed by atoms with Gasteiger partial charge in [0.1, 0.15) is 16.5 Å². The van der Waals surface area contributed by atoms with Crippen molar-refractivity contribution in [3.63, 3.8) is 0 Å². The second-order valence-electron chi connectivity index (χ2n) is 6.19. The van der Waals surface area contributed by atoms with Crippen molar-refractivity contribution in [2.24, 2.45) is 0 Å². The van der Waals surface area contributed by atoms with Crippen LogP contribution >= 0.6 is 11.8 Å². The van der Waals surface area contributed by atoms with Gasteiger partial charge in [0.05, 0.1) is 11.6 Å². The van der Waals surface area contributed by atoms with E-state index in [1.54, 1.807) is 24.3 Å². The molecule has 1 saturated heterocycles. The third-order valence-electron chi connectivity index (χ3n) is 4.22. The van der Waals surface area contributed by atoms with Crippen LogP contribution in [0, 0.1) is 5.82 Å². The van der Waals surface area contributed by atoms with Gasteiger partial charge < -0.3 is 9.64 Å². The Bertz CT molecular complexity index is 837. The van der Waals surface area contributed by atoms with E-state index >= 15 is 0 Å². The van der Waals surface area contributed by atoms with Gasteiger partial charge in [-0.15, -0.1) is 11.8 Å². The molecule has 1 aliphatic rings. The summed E-state index contributed by atoms with van der Waals surface area (Å²) in [6.45, 7) is 2.90. The van der Waals surface area contributed by atoms with E-state index in [4.69, 9.17) is 4.74 Å². The van der Waals surface area contributed by atoms with Crippen LogP contribution in [0.25, 0.3) is 0 Å². The third kappa shape index (κ3) is 5.41. The highest BCUT2D eigenvalue weighted by Crippen LogP contribution is 2.21. The van der Waals surface area contributed by atoms with Crippen molar-refractivity contribution in [2.75, 3.05) is 45.6 Å². The number of nitrogens with zero attached hydrogens (tertiary/aromatic N) is 3. The maximum absolute atomic E-state index is 12.8. The van der Waals surface area contributed by atoms with Gasteiger partial charge in [-0.3, -0.25) is 0 Å². The van der Waals surface area contributed by atoms with E-state index in [1.807, 2.05) is 7.05 Å². The summed E-state index contributed by atoms with van der Waals surface area (Å²) in [6, 6.07) is 9.18. The summed E-state index contributed by atoms with van der Waals surface area (Å²) in [6.07, 6.45) is 1.41. The molecule has 0 amide bonds. The van der Waals surface area contributed by atoms with Gasteiger partial charge >= 0.3 is 0 Å². The van der Waals surface area contributed by atoms with Crippen molar-refractivity contribution in [3.05, 3.63) is 48.4 Å². The molecule has 2 heterocycles. The van der Waals surface area contributed by atoms with Gasteiger partial charge in [0.25, 0.3) is 0 Å². The van der Waals surface area contributed by atoms with E-state index in [1.165, 1.54) is 34.4 Å². The summed E-state index contributed by atoms with van der Waals surface area (Å²) in [4.78, 5) is 6.58. The van der Waals surface area contributed by atoms with Crippen LogP contribution in [-0.2, 0) is 10.0 Å². The fraction of sp³-hybridized carbons (Fsp3) is 0.389. The number of halogens is 1. The summed E-state index contributed by atoms with van der Waals surface area (Å²) in [5.41, 5.74) is 0. The first-order chi connectivity index (χ1) is 12.9. The Morgan fingerprint density at radius 1 is 1.11 bits per heavy atom. The molecule has 1 aromatic carbocycles. The number of sulfonamides is 1. The van der Waals surface area contributed by atoms with Crippen molar-refractivity contribution < 1.29 is 17.5 Å². The molecule has 1 aromatic heterocycles. The van der Waals surface area contributed by atoms with Crippen molar-refractivity contribution in [1.82, 2.24) is 14.2 Å². The zero-order valence-electron chi connectivity index (χ0n) is 15.0. The zero-order valence-corrected chi connectivity index (χ0v) is 16.7. The number of likely N-dealkylation sites (N-methyl/N-ethyl adjacent to an activating group) is 1. The molecule has 1 fully saturated rings. The monoisotopic (exact) mass is 411 g/mol. The van der Waals surface area contributed by atoms with E-state index in [9.17, 15) is 12.8 Å². The molecule has 146 valence electrons. The van der Waals surface area contributed by atoms with E-state index in [-0.39, 0.29) is 10.7 Å². The number of piperazine rings is 1. The van der Waals surface area contributed by atoms with Crippen LogP contribution in [0.4, 0.5) is 4.39 Å². The molecule has 0 aliphatic carbocycles. The number of rotatable bonds is 7. The van der Waals surface area contributed by atoms with Gasteiger partial charge in [-0.2, -0.15) is 4.31 Å². The lowest BCUT2D eigenvalue weighted by atomic mass is 10.3. The van der Waals surface area contributed by atoms with Gasteiger partial charge in [0.2, 0.25) is 10.0 Å². The van der Waals surface area contributed by atoms with Crippen LogP contribution in [0.2, 0.25) is 0 Å². The molecule has 27 heavy (non-hydrogen) atoms. The number of ether oxygens (including phenoxy) is 1. The number of thioether (sulfide) groups is 1. The molecule has 3 rings (SSSR count). The largest absolute Gasteiger partial charge is 0.493 e. The lowest BCUT2D eigenvalue weighted by Gasteiger charge is -2.31. The molecule has 0 radical (unpaired) electrons. The Labute approximate surface area is 163 Å². The molecule has 9 heteroatoms. The first-order valence-corrected chi connectivity index (χ1v) is 11.0. The molecule has 0 bridgehead atoms. The maximum atomic E-state index is 12.8. The first-order valence-electron chi connectivity index (χ1n) is 8.61. The maximum Gasteiger partial charge on any atom is 0.244 e. The van der Waals surface area contributed by atoms with Crippen LogP contribution in [0.3, 0.4) is 0 Å². The lowest BCUT2D eigenvalue weighted by Crippen LogP contribution is -2.47. The average Bonchev–Trinajstić information content (AvgIpc) is 2.67. The lowest BCUT2D eigenvalue weighted by molar-refractivity contribution is 0.222. The minimum atomic E-state index is -3.49. The smallest absolute Gasteiger partial charge is 0.244 e. The Morgan fingerprint density at radius 2 is 1.81 bits per heavy atom. The molecule has 0 N–H and O–H groups in total. The van der Waals surface area contributed by atoms with Gasteiger partial charge in [0.15, 0.2) is 0 Å². The molecular weight excluding hydrogens is 389 g/mol. The molecule has 0 spiro atoms. The number of aromatic nitrogens is 1. The van der Waals surface area contributed by atoms with Crippen LogP contribution in [0.1, 0.15) is 0 Å². The SMILES string of the molecule is CN1CCN(S(=O)(=O)c2ccc(SCCOc3ccc(F)cc3)nc2)CC1. The fourth-order valence-electron chi connectivity index (χ4n) is 2.62. The molecule has 0 atom stereocenters. The van der Waals surface area contributed by atoms with Crippen LogP contribution < -0.4 is 4.74 Å². The second-order valence-corrected chi connectivity index (χ2v) is 9.24. The summed E-state index contributed by atoms with van der Waals surface area (Å²) >= 11 is 1.47. The molecular formula is C18H22FN3O3S2. The first kappa shape index (κ1) is 20.1. The minimum Gasteiger partial charge on any atom is -0.493 e. The second kappa shape index (κ2) is 9.01. The van der Waals surface area contributed by atoms with Crippen molar-refractivity contribution in [1.29, 1.82) is 0 Å². The number of hydrogen-bond acceptors (Lipinski definition) is 6. The number of benzene rings is 1. The number of pyridine rings is 1. The molecule has 2 aromatic rings. The van der Waals surface area contributed by atoms with Crippen LogP contribution in [0.5, 0.6) is 5.75 Å². The third-order valence-corrected chi connectivity index (χ3v) is 7.02. The Balaban J connectivity index is 1.50. The molecule has 6 nitrogen and oxygen atoms in total. The summed E-state index contributed by atoms with van der Waals surface area (Å²) in [5, 5.41) is 0.732. The highest BCUT2D eigenvalue weighted by atomic mass is 32.2. The standard InChI is InChI=1S/C18H22FN3O3S2/c1-21-8-10-22(11-9-21)27(23,24)17-6-7-18(20-14-17)26-13-12-25-16-4-2-15(19)3-5-16/h2-7,14H,8-13H2,1H3. The van der Waals surface area contributed by atoms with Crippen molar-refractivity contribution >= 4 is 21.8 Å². The summed E-state index contributed by atoms with van der Waals surface area (Å²) in [5.74, 6) is 0.959. The minimum absolute atomic E-state index is 0.221. The van der Waals surface area contributed by atoms with Gasteiger partial charge in [-0.1, -0.05) is 0 Å². The van der Waals surface area contributed by atoms with E-state index in [2.05, 4.69) is 9.88 Å².